The highest BCUT2D eigenvalue weighted by atomic mass is 16.5. The zero-order valence-corrected chi connectivity index (χ0v) is 9.28. The molecule has 0 spiro atoms. The largest absolute Gasteiger partial charge is 0.493 e. The summed E-state index contributed by atoms with van der Waals surface area (Å²) < 4.78 is 10.6. The van der Waals surface area contributed by atoms with Crippen LogP contribution in [0, 0.1) is 12.3 Å². The van der Waals surface area contributed by atoms with E-state index in [2.05, 4.69) is 5.92 Å². The van der Waals surface area contributed by atoms with Crippen LogP contribution in [0.25, 0.3) is 10.8 Å². The summed E-state index contributed by atoms with van der Waals surface area (Å²) in [6.07, 6.45) is 5.53. The first-order valence-corrected chi connectivity index (χ1v) is 4.92. The Morgan fingerprint density at radius 1 is 1.12 bits per heavy atom. The minimum Gasteiger partial charge on any atom is -0.493 e. The molecule has 2 aromatic carbocycles. The van der Waals surface area contributed by atoms with E-state index in [9.17, 15) is 0 Å². The second-order valence-corrected chi connectivity index (χ2v) is 3.35. The second-order valence-electron chi connectivity index (χ2n) is 3.35. The maximum atomic E-state index is 5.53. The van der Waals surface area contributed by atoms with E-state index in [4.69, 9.17) is 15.9 Å². The van der Waals surface area contributed by atoms with E-state index in [1.807, 2.05) is 30.3 Å². The van der Waals surface area contributed by atoms with Crippen LogP contribution in [-0.4, -0.2) is 14.2 Å². The molecule has 0 atom stereocenters. The van der Waals surface area contributed by atoms with E-state index >= 15 is 0 Å². The lowest BCUT2D eigenvalue weighted by Gasteiger charge is -2.12. The van der Waals surface area contributed by atoms with E-state index in [-0.39, 0.29) is 0 Å². The number of fused-ring (bicyclic) bond motifs is 1. The van der Waals surface area contributed by atoms with Crippen molar-refractivity contribution in [3.05, 3.63) is 35.9 Å². The highest BCUT2D eigenvalue weighted by molar-refractivity contribution is 5.92. The number of hydrogen-bond acceptors (Lipinski definition) is 2. The normalized spacial score (nSPS) is 9.81. The molecule has 0 saturated heterocycles. The van der Waals surface area contributed by atoms with E-state index in [1.54, 1.807) is 14.2 Å². The number of benzene rings is 2. The number of rotatable bonds is 2. The fourth-order valence-electron chi connectivity index (χ4n) is 1.80. The summed E-state index contributed by atoms with van der Waals surface area (Å²) in [5.74, 6) is 3.93. The van der Waals surface area contributed by atoms with Gasteiger partial charge in [-0.15, -0.1) is 6.42 Å². The molecule has 2 nitrogen and oxygen atoms in total. The molecule has 16 heavy (non-hydrogen) atoms. The van der Waals surface area contributed by atoms with Crippen LogP contribution in [0.2, 0.25) is 0 Å². The van der Waals surface area contributed by atoms with Crippen LogP contribution in [0.1, 0.15) is 5.56 Å². The topological polar surface area (TPSA) is 18.5 Å². The Morgan fingerprint density at radius 3 is 2.50 bits per heavy atom. The monoisotopic (exact) mass is 212 g/mol. The van der Waals surface area contributed by atoms with Crippen molar-refractivity contribution in [3.63, 3.8) is 0 Å². The molecule has 0 aliphatic heterocycles. The summed E-state index contributed by atoms with van der Waals surface area (Å²) in [6.45, 7) is 0. The fraction of sp³-hybridized carbons (Fsp3) is 0.143. The number of ether oxygens (including phenoxy) is 2. The Bertz CT molecular complexity index is 565. The van der Waals surface area contributed by atoms with E-state index in [0.29, 0.717) is 11.5 Å². The lowest BCUT2D eigenvalue weighted by Crippen LogP contribution is -1.94. The van der Waals surface area contributed by atoms with Crippen molar-refractivity contribution < 1.29 is 9.47 Å². The van der Waals surface area contributed by atoms with Crippen LogP contribution < -0.4 is 9.47 Å². The zero-order chi connectivity index (χ0) is 11.5. The quantitative estimate of drug-likeness (QED) is 0.713. The Kier molecular flexibility index (Phi) is 2.70. The maximum absolute atomic E-state index is 5.53. The average Bonchev–Trinajstić information content (AvgIpc) is 2.36. The number of hydrogen-bond donors (Lipinski definition) is 0. The summed E-state index contributed by atoms with van der Waals surface area (Å²) in [5.41, 5.74) is 0.734. The Morgan fingerprint density at radius 2 is 1.88 bits per heavy atom. The van der Waals surface area contributed by atoms with Gasteiger partial charge in [0.25, 0.3) is 0 Å². The predicted octanol–water partition coefficient (Wildman–Crippen LogP) is 2.84. The van der Waals surface area contributed by atoms with Crippen molar-refractivity contribution in [2.75, 3.05) is 14.2 Å². The van der Waals surface area contributed by atoms with Gasteiger partial charge in [0.1, 0.15) is 0 Å². The highest BCUT2D eigenvalue weighted by Crippen LogP contribution is 2.36. The van der Waals surface area contributed by atoms with E-state index in [1.165, 1.54) is 0 Å². The molecule has 2 rings (SSSR count). The maximum Gasteiger partial charge on any atom is 0.177 e. The van der Waals surface area contributed by atoms with Crippen LogP contribution in [0.5, 0.6) is 11.5 Å². The molecule has 0 bridgehead atoms. The predicted molar refractivity (Wildman–Crippen MR) is 65.0 cm³/mol. The minimum absolute atomic E-state index is 0.615. The molecular formula is C14H12O2. The van der Waals surface area contributed by atoms with Crippen molar-refractivity contribution in [3.8, 4) is 23.8 Å². The van der Waals surface area contributed by atoms with Crippen LogP contribution in [0.3, 0.4) is 0 Å². The first kappa shape index (κ1) is 10.4. The molecule has 0 amide bonds. The van der Waals surface area contributed by atoms with E-state index in [0.717, 1.165) is 16.3 Å². The lowest BCUT2D eigenvalue weighted by atomic mass is 10.0. The molecule has 0 aliphatic carbocycles. The molecule has 0 aromatic heterocycles. The molecule has 2 aromatic rings. The van der Waals surface area contributed by atoms with Gasteiger partial charge in [-0.25, -0.2) is 0 Å². The van der Waals surface area contributed by atoms with Gasteiger partial charge in [-0.05, 0) is 11.5 Å². The molecule has 0 radical (unpaired) electrons. The number of methoxy groups -OCH3 is 2. The lowest BCUT2D eigenvalue weighted by molar-refractivity contribution is 0.355. The Balaban J connectivity index is 2.89. The Hall–Kier alpha value is -2.14. The van der Waals surface area contributed by atoms with Gasteiger partial charge in [-0.3, -0.25) is 0 Å². The first-order valence-electron chi connectivity index (χ1n) is 4.92. The van der Waals surface area contributed by atoms with Gasteiger partial charge in [0.2, 0.25) is 0 Å². The van der Waals surface area contributed by atoms with Crippen LogP contribution in [0.4, 0.5) is 0 Å². The van der Waals surface area contributed by atoms with E-state index < -0.39 is 0 Å². The smallest absolute Gasteiger partial charge is 0.177 e. The van der Waals surface area contributed by atoms with Crippen molar-refractivity contribution in [2.24, 2.45) is 0 Å². The summed E-state index contributed by atoms with van der Waals surface area (Å²) in [6, 6.07) is 9.82. The van der Waals surface area contributed by atoms with Gasteiger partial charge in [-0.2, -0.15) is 0 Å². The van der Waals surface area contributed by atoms with Crippen LogP contribution >= 0.6 is 0 Å². The first-order chi connectivity index (χ1) is 7.81. The molecular weight excluding hydrogens is 200 g/mol. The summed E-state index contributed by atoms with van der Waals surface area (Å²) in [7, 11) is 3.19. The van der Waals surface area contributed by atoms with Gasteiger partial charge in [-0.1, -0.05) is 30.2 Å². The standard InChI is InChI=1S/C14H12O2/c1-4-11-12-8-6-5-7-10(12)9-13(15-2)14(11)16-3/h1,5-9H,2-3H3. The van der Waals surface area contributed by atoms with Gasteiger partial charge in [0.15, 0.2) is 11.5 Å². The number of terminal acetylenes is 1. The van der Waals surface area contributed by atoms with Gasteiger partial charge in [0.05, 0.1) is 19.8 Å². The van der Waals surface area contributed by atoms with Crippen molar-refractivity contribution in [2.45, 2.75) is 0 Å². The summed E-state index contributed by atoms with van der Waals surface area (Å²) >= 11 is 0. The highest BCUT2D eigenvalue weighted by Gasteiger charge is 2.12. The van der Waals surface area contributed by atoms with Crippen molar-refractivity contribution >= 4 is 10.8 Å². The summed E-state index contributed by atoms with van der Waals surface area (Å²) in [4.78, 5) is 0. The van der Waals surface area contributed by atoms with Gasteiger partial charge >= 0.3 is 0 Å². The van der Waals surface area contributed by atoms with Crippen LogP contribution in [0.15, 0.2) is 30.3 Å². The molecule has 0 fully saturated rings. The van der Waals surface area contributed by atoms with Gasteiger partial charge in [0, 0.05) is 5.39 Å². The Labute approximate surface area is 94.8 Å². The van der Waals surface area contributed by atoms with Crippen molar-refractivity contribution in [1.82, 2.24) is 0 Å². The molecule has 0 unspecified atom stereocenters. The third-order valence-electron chi connectivity index (χ3n) is 2.54. The molecule has 80 valence electrons. The SMILES string of the molecule is C#Cc1c(OC)c(OC)cc2ccccc12. The molecule has 0 aliphatic rings. The molecule has 0 heterocycles. The minimum atomic E-state index is 0.615. The second kappa shape index (κ2) is 4.16. The van der Waals surface area contributed by atoms with Crippen LogP contribution in [-0.2, 0) is 0 Å². The summed E-state index contributed by atoms with van der Waals surface area (Å²) in [5, 5.41) is 2.05. The van der Waals surface area contributed by atoms with Crippen molar-refractivity contribution in [1.29, 1.82) is 0 Å². The third kappa shape index (κ3) is 1.47. The zero-order valence-electron chi connectivity index (χ0n) is 9.28. The fourth-order valence-corrected chi connectivity index (χ4v) is 1.80. The molecule has 0 N–H and O–H groups in total. The average molecular weight is 212 g/mol. The van der Waals surface area contributed by atoms with Gasteiger partial charge < -0.3 is 9.47 Å². The third-order valence-corrected chi connectivity index (χ3v) is 2.54. The molecule has 2 heteroatoms. The molecule has 0 saturated carbocycles.